The molecule has 5 aromatic rings. The number of thiophene rings is 1. The molecular formula is C28H24FN3OS2. The van der Waals surface area contributed by atoms with Crippen molar-refractivity contribution in [1.82, 2.24) is 14.5 Å². The molecular weight excluding hydrogens is 477 g/mol. The molecule has 35 heavy (non-hydrogen) atoms. The summed E-state index contributed by atoms with van der Waals surface area (Å²) in [5, 5.41) is 0.961. The highest BCUT2D eigenvalue weighted by atomic mass is 32.1. The first-order valence-corrected chi connectivity index (χ1v) is 13.0. The van der Waals surface area contributed by atoms with E-state index in [9.17, 15) is 9.18 Å². The van der Waals surface area contributed by atoms with Gasteiger partial charge in [-0.1, -0.05) is 42.5 Å². The molecule has 0 atom stereocenters. The van der Waals surface area contributed by atoms with Gasteiger partial charge in [0.05, 0.1) is 21.8 Å². The maximum Gasteiger partial charge on any atom is 0.262 e. The van der Waals surface area contributed by atoms with Gasteiger partial charge >= 0.3 is 0 Å². The van der Waals surface area contributed by atoms with Gasteiger partial charge in [-0.05, 0) is 57.0 Å². The molecule has 2 aromatic carbocycles. The molecule has 0 N–H and O–H groups in total. The first-order chi connectivity index (χ1) is 16.9. The Labute approximate surface area is 211 Å². The summed E-state index contributed by atoms with van der Waals surface area (Å²) in [4.78, 5) is 26.5. The molecule has 7 heteroatoms. The Kier molecular flexibility index (Phi) is 6.45. The number of aromatic nitrogens is 3. The minimum atomic E-state index is -0.356. The van der Waals surface area contributed by atoms with Crippen LogP contribution in [0, 0.1) is 26.6 Å². The van der Waals surface area contributed by atoms with Crippen molar-refractivity contribution in [2.75, 3.05) is 0 Å². The van der Waals surface area contributed by atoms with Crippen LogP contribution in [0.25, 0.3) is 31.7 Å². The Bertz CT molecular complexity index is 1550. The van der Waals surface area contributed by atoms with Crippen LogP contribution < -0.4 is 5.56 Å². The third kappa shape index (κ3) is 4.74. The second-order valence-corrected chi connectivity index (χ2v) is 10.7. The minimum absolute atomic E-state index is 0.118. The maximum atomic E-state index is 14.1. The van der Waals surface area contributed by atoms with E-state index in [1.807, 2.05) is 56.3 Å². The van der Waals surface area contributed by atoms with E-state index in [-0.39, 0.29) is 11.4 Å². The van der Waals surface area contributed by atoms with E-state index >= 15 is 0 Å². The average molecular weight is 502 g/mol. The van der Waals surface area contributed by atoms with Crippen molar-refractivity contribution in [3.8, 4) is 31.7 Å². The van der Waals surface area contributed by atoms with Gasteiger partial charge in [0.15, 0.2) is 0 Å². The fourth-order valence-electron chi connectivity index (χ4n) is 4.05. The molecule has 0 fully saturated rings. The summed E-state index contributed by atoms with van der Waals surface area (Å²) >= 11 is 3.21. The van der Waals surface area contributed by atoms with Crippen LogP contribution >= 0.6 is 22.7 Å². The smallest absolute Gasteiger partial charge is 0.262 e. The van der Waals surface area contributed by atoms with E-state index in [1.54, 1.807) is 39.4 Å². The number of halogens is 1. The molecule has 0 aliphatic heterocycles. The molecule has 0 radical (unpaired) electrons. The van der Waals surface area contributed by atoms with Crippen molar-refractivity contribution >= 4 is 22.7 Å². The Morgan fingerprint density at radius 3 is 2.34 bits per heavy atom. The van der Waals surface area contributed by atoms with Crippen molar-refractivity contribution < 1.29 is 4.39 Å². The van der Waals surface area contributed by atoms with E-state index in [4.69, 9.17) is 4.98 Å². The highest BCUT2D eigenvalue weighted by molar-refractivity contribution is 7.23. The van der Waals surface area contributed by atoms with Crippen LogP contribution in [0.15, 0.2) is 71.5 Å². The van der Waals surface area contributed by atoms with Crippen molar-refractivity contribution in [2.24, 2.45) is 0 Å². The second-order valence-electron chi connectivity index (χ2n) is 8.42. The Hall–Kier alpha value is -3.42. The fraction of sp³-hybridized carbons (Fsp3) is 0.179. The standard InChI is InChI=1S/C28H24FN3OS2/c1-17-19(3)34-27(31-17)24-13-12-23(35-24)25-18(2)30-26(21-10-7-11-22(29)16-21)32(28(25)33)15-14-20-8-5-4-6-9-20/h4-13,16H,14-15H2,1-3H3. The van der Waals surface area contributed by atoms with Gasteiger partial charge in [0.2, 0.25) is 0 Å². The zero-order valence-corrected chi connectivity index (χ0v) is 21.3. The molecule has 4 nitrogen and oxygen atoms in total. The molecule has 3 heterocycles. The lowest BCUT2D eigenvalue weighted by atomic mass is 10.1. The monoisotopic (exact) mass is 501 g/mol. The Balaban J connectivity index is 1.62. The summed E-state index contributed by atoms with van der Waals surface area (Å²) in [7, 11) is 0. The van der Waals surface area contributed by atoms with Crippen molar-refractivity contribution in [3.05, 3.63) is 105 Å². The average Bonchev–Trinajstić information content (AvgIpc) is 3.45. The predicted molar refractivity (Wildman–Crippen MR) is 143 cm³/mol. The van der Waals surface area contributed by atoms with E-state index in [2.05, 4.69) is 11.9 Å². The van der Waals surface area contributed by atoms with E-state index < -0.39 is 0 Å². The molecule has 0 bridgehead atoms. The lowest BCUT2D eigenvalue weighted by Gasteiger charge is -2.16. The van der Waals surface area contributed by atoms with Crippen LogP contribution in [-0.4, -0.2) is 14.5 Å². The summed E-state index contributed by atoms with van der Waals surface area (Å²) in [6.07, 6.45) is 0.667. The molecule has 176 valence electrons. The molecule has 0 spiro atoms. The molecule has 0 unspecified atom stereocenters. The zero-order valence-electron chi connectivity index (χ0n) is 19.7. The van der Waals surface area contributed by atoms with Gasteiger partial charge in [0.25, 0.3) is 5.56 Å². The first-order valence-electron chi connectivity index (χ1n) is 11.4. The van der Waals surface area contributed by atoms with Crippen molar-refractivity contribution in [1.29, 1.82) is 0 Å². The molecule has 0 saturated heterocycles. The Morgan fingerprint density at radius 1 is 0.857 bits per heavy atom. The molecule has 3 aromatic heterocycles. The quantitative estimate of drug-likeness (QED) is 0.250. The molecule has 0 saturated carbocycles. The maximum absolute atomic E-state index is 14.1. The van der Waals surface area contributed by atoms with Gasteiger partial charge in [-0.25, -0.2) is 14.4 Å². The number of thiazole rings is 1. The number of nitrogens with zero attached hydrogens (tertiary/aromatic N) is 3. The molecule has 0 aliphatic carbocycles. The third-order valence-corrected chi connectivity index (χ3v) is 8.34. The first kappa shape index (κ1) is 23.3. The van der Waals surface area contributed by atoms with Crippen LogP contribution in [0.4, 0.5) is 4.39 Å². The predicted octanol–water partition coefficient (Wildman–Crippen LogP) is 7.07. The number of hydrogen-bond acceptors (Lipinski definition) is 5. The minimum Gasteiger partial charge on any atom is -0.292 e. The molecule has 0 amide bonds. The number of aryl methyl sites for hydroxylation is 4. The topological polar surface area (TPSA) is 47.8 Å². The number of benzene rings is 2. The summed E-state index contributed by atoms with van der Waals surface area (Å²) < 4.78 is 15.7. The van der Waals surface area contributed by atoms with Gasteiger partial charge < -0.3 is 0 Å². The van der Waals surface area contributed by atoms with Crippen molar-refractivity contribution in [2.45, 2.75) is 33.7 Å². The molecule has 5 rings (SSSR count). The van der Waals surface area contributed by atoms with Gasteiger partial charge in [0, 0.05) is 21.9 Å². The lowest BCUT2D eigenvalue weighted by molar-refractivity contribution is 0.626. The number of rotatable bonds is 6. The fourth-order valence-corrected chi connectivity index (χ4v) is 6.11. The normalized spacial score (nSPS) is 11.2. The number of hydrogen-bond donors (Lipinski definition) is 0. The lowest BCUT2D eigenvalue weighted by Crippen LogP contribution is -2.26. The largest absolute Gasteiger partial charge is 0.292 e. The van der Waals surface area contributed by atoms with E-state index in [0.29, 0.717) is 35.6 Å². The van der Waals surface area contributed by atoms with E-state index in [0.717, 1.165) is 26.0 Å². The Morgan fingerprint density at radius 2 is 1.63 bits per heavy atom. The van der Waals surface area contributed by atoms with Crippen LogP contribution in [0.3, 0.4) is 0 Å². The van der Waals surface area contributed by atoms with Gasteiger partial charge in [-0.2, -0.15) is 0 Å². The van der Waals surface area contributed by atoms with Crippen molar-refractivity contribution in [3.63, 3.8) is 0 Å². The summed E-state index contributed by atoms with van der Waals surface area (Å²) in [5.41, 5.74) is 3.84. The summed E-state index contributed by atoms with van der Waals surface area (Å²) in [5.74, 6) is 0.125. The SMILES string of the molecule is Cc1nc(-c2ccc(-c3c(C)nc(-c4cccc(F)c4)n(CCc4ccccc4)c3=O)s2)sc1C. The summed E-state index contributed by atoms with van der Waals surface area (Å²) in [6, 6.07) is 20.3. The van der Waals surface area contributed by atoms with Crippen LogP contribution in [0.1, 0.15) is 21.8 Å². The highest BCUT2D eigenvalue weighted by Crippen LogP contribution is 2.37. The van der Waals surface area contributed by atoms with Crippen LogP contribution in [0.5, 0.6) is 0 Å². The van der Waals surface area contributed by atoms with Gasteiger partial charge in [0.1, 0.15) is 16.6 Å². The molecule has 0 aliphatic rings. The van der Waals surface area contributed by atoms with Crippen LogP contribution in [-0.2, 0) is 13.0 Å². The van der Waals surface area contributed by atoms with E-state index in [1.165, 1.54) is 17.0 Å². The second kappa shape index (κ2) is 9.68. The van der Waals surface area contributed by atoms with Crippen LogP contribution in [0.2, 0.25) is 0 Å². The highest BCUT2D eigenvalue weighted by Gasteiger charge is 2.20. The van der Waals surface area contributed by atoms with Gasteiger partial charge in [-0.3, -0.25) is 9.36 Å². The zero-order chi connectivity index (χ0) is 24.5. The van der Waals surface area contributed by atoms with Gasteiger partial charge in [-0.15, -0.1) is 22.7 Å². The third-order valence-electron chi connectivity index (χ3n) is 5.99. The summed E-state index contributed by atoms with van der Waals surface area (Å²) in [6.45, 7) is 6.36.